The van der Waals surface area contributed by atoms with E-state index in [0.717, 1.165) is 11.6 Å². The second-order valence-corrected chi connectivity index (χ2v) is 6.35. The summed E-state index contributed by atoms with van der Waals surface area (Å²) in [6.07, 6.45) is 10.8. The van der Waals surface area contributed by atoms with Crippen LogP contribution in [0.15, 0.2) is 34.8 Å². The molecule has 183 valence electrons. The van der Waals surface area contributed by atoms with E-state index in [0.29, 0.717) is 13.1 Å². The van der Waals surface area contributed by atoms with Crippen molar-refractivity contribution in [1.29, 1.82) is 5.26 Å². The Morgan fingerprint density at radius 2 is 1.09 bits per heavy atom. The summed E-state index contributed by atoms with van der Waals surface area (Å²) in [5.74, 6) is 1.70. The van der Waals surface area contributed by atoms with Crippen LogP contribution < -0.4 is 37.3 Å². The van der Waals surface area contributed by atoms with Crippen molar-refractivity contribution in [3.63, 3.8) is 0 Å². The van der Waals surface area contributed by atoms with Crippen molar-refractivity contribution in [2.75, 3.05) is 13.1 Å². The zero-order valence-corrected chi connectivity index (χ0v) is 19.3. The van der Waals surface area contributed by atoms with Crippen LogP contribution in [0.2, 0.25) is 0 Å². The van der Waals surface area contributed by atoms with Gasteiger partial charge in [0.1, 0.15) is 11.6 Å². The number of hydrogen-bond donors (Lipinski definition) is 0. The van der Waals surface area contributed by atoms with E-state index < -0.39 is 20.5 Å². The fraction of sp³-hybridized carbons (Fsp3) is 0.357. The Hall–Kier alpha value is -1.97. The Labute approximate surface area is 198 Å². The third-order valence-electron chi connectivity index (χ3n) is 2.49. The van der Waals surface area contributed by atoms with Crippen LogP contribution >= 0.6 is 0 Å². The summed E-state index contributed by atoms with van der Waals surface area (Å²) in [5.41, 5.74) is 0. The fourth-order valence-electron chi connectivity index (χ4n) is 1.41. The molecule has 0 aliphatic carbocycles. The molecule has 1 radical (unpaired) electrons. The standard InChI is InChI=1S/C12H16N6.C2H3N.2ClHO4.Cu/c1-17-7-5-15-11(17)9-13-3-4-14-10-12-16-6-8-18(12)2;1-2-3;2*2-1(3,4)5;/h5-10H,3-4H2,1-2H3;1H3;2*(H,2,3,4,5);/q;;;;+2/p-2. The minimum atomic E-state index is -4.94. The summed E-state index contributed by atoms with van der Waals surface area (Å²) in [4.78, 5) is 16.8. The van der Waals surface area contributed by atoms with E-state index in [2.05, 4.69) is 20.0 Å². The third kappa shape index (κ3) is 28.0. The normalized spacial score (nSPS) is 10.7. The van der Waals surface area contributed by atoms with Crippen LogP contribution in [-0.2, 0) is 31.2 Å². The number of rotatable bonds is 5. The Bertz CT molecular complexity index is 754. The molecule has 0 N–H and O–H groups in total. The third-order valence-corrected chi connectivity index (χ3v) is 2.49. The van der Waals surface area contributed by atoms with Crippen molar-refractivity contribution in [1.82, 2.24) is 19.1 Å². The fourth-order valence-corrected chi connectivity index (χ4v) is 1.41. The molecule has 0 aliphatic rings. The second kappa shape index (κ2) is 18.6. The largest absolute Gasteiger partial charge is 2.00 e. The Morgan fingerprint density at radius 1 is 0.844 bits per heavy atom. The summed E-state index contributed by atoms with van der Waals surface area (Å²) in [7, 11) is -6.01. The molecule has 0 amide bonds. The van der Waals surface area contributed by atoms with E-state index in [-0.39, 0.29) is 17.1 Å². The van der Waals surface area contributed by atoms with Gasteiger partial charge in [-0.3, -0.25) is 9.98 Å². The predicted octanol–water partition coefficient (Wildman–Crippen LogP) is -8.29. The molecule has 2 rings (SSSR count). The van der Waals surface area contributed by atoms with Crippen LogP contribution in [0.1, 0.15) is 18.6 Å². The number of halogens is 2. The predicted molar refractivity (Wildman–Crippen MR) is 82.6 cm³/mol. The molecule has 2 aromatic heterocycles. The van der Waals surface area contributed by atoms with E-state index in [4.69, 9.17) is 42.5 Å². The van der Waals surface area contributed by atoms with Gasteiger partial charge in [0.15, 0.2) is 0 Å². The maximum absolute atomic E-state index is 8.49. The summed E-state index contributed by atoms with van der Waals surface area (Å²) < 4.78 is 71.8. The zero-order valence-electron chi connectivity index (χ0n) is 16.8. The minimum absolute atomic E-state index is 0. The van der Waals surface area contributed by atoms with Crippen molar-refractivity contribution >= 4 is 12.4 Å². The molecule has 0 spiro atoms. The van der Waals surface area contributed by atoms with Gasteiger partial charge in [0.05, 0.1) is 31.6 Å². The van der Waals surface area contributed by atoms with Crippen LogP contribution in [0.3, 0.4) is 0 Å². The number of aryl methyl sites for hydroxylation is 2. The molecule has 32 heavy (non-hydrogen) atoms. The number of hydrogen-bond acceptors (Lipinski definition) is 13. The first kappa shape index (κ1) is 34.6. The van der Waals surface area contributed by atoms with Crippen molar-refractivity contribution in [2.45, 2.75) is 6.92 Å². The quantitative estimate of drug-likeness (QED) is 0.192. The van der Waals surface area contributed by atoms with Gasteiger partial charge in [-0.05, 0) is 0 Å². The molecular weight excluding hydrogens is 529 g/mol. The molecule has 0 atom stereocenters. The van der Waals surface area contributed by atoms with Crippen LogP contribution in [0, 0.1) is 31.8 Å². The number of nitriles is 1. The number of aliphatic imine (C=N–C) groups is 2. The topological polar surface area (TPSA) is 269 Å². The van der Waals surface area contributed by atoms with Crippen LogP contribution in [0.5, 0.6) is 0 Å². The molecular formula is C14H19Cl2CuN7O8. The average molecular weight is 548 g/mol. The van der Waals surface area contributed by atoms with E-state index in [1.807, 2.05) is 35.6 Å². The van der Waals surface area contributed by atoms with Crippen LogP contribution in [0.25, 0.3) is 0 Å². The van der Waals surface area contributed by atoms with E-state index >= 15 is 0 Å². The van der Waals surface area contributed by atoms with Gasteiger partial charge in [-0.15, -0.1) is 20.5 Å². The van der Waals surface area contributed by atoms with Gasteiger partial charge in [0.25, 0.3) is 0 Å². The molecule has 0 saturated heterocycles. The molecule has 2 aromatic rings. The number of aromatic nitrogens is 4. The van der Waals surface area contributed by atoms with E-state index in [1.54, 1.807) is 30.9 Å². The van der Waals surface area contributed by atoms with Crippen LogP contribution in [0.4, 0.5) is 0 Å². The van der Waals surface area contributed by atoms with Gasteiger partial charge in [-0.25, -0.2) is 47.2 Å². The van der Waals surface area contributed by atoms with Gasteiger partial charge in [-0.1, -0.05) is 0 Å². The molecule has 0 bridgehead atoms. The Kier molecular flexibility index (Phi) is 20.1. The molecule has 15 nitrogen and oxygen atoms in total. The van der Waals surface area contributed by atoms with Crippen LogP contribution in [-0.4, -0.2) is 44.6 Å². The maximum atomic E-state index is 8.49. The smallest absolute Gasteiger partial charge is 0.333 e. The molecule has 0 fully saturated rings. The maximum Gasteiger partial charge on any atom is 2.00 e. The van der Waals surface area contributed by atoms with Gasteiger partial charge < -0.3 is 9.13 Å². The first-order valence-corrected chi connectivity index (χ1v) is 10.1. The van der Waals surface area contributed by atoms with Crippen molar-refractivity contribution < 1.29 is 74.8 Å². The van der Waals surface area contributed by atoms with Gasteiger partial charge >= 0.3 is 17.1 Å². The van der Waals surface area contributed by atoms with Gasteiger partial charge in [0, 0.05) is 45.8 Å². The average Bonchev–Trinajstić information content (AvgIpc) is 3.17. The molecule has 2 heterocycles. The first-order valence-electron chi connectivity index (χ1n) is 7.67. The van der Waals surface area contributed by atoms with E-state index in [1.165, 1.54) is 6.92 Å². The molecule has 18 heteroatoms. The summed E-state index contributed by atoms with van der Waals surface area (Å²) in [6.45, 7) is 2.72. The van der Waals surface area contributed by atoms with Crippen molar-refractivity contribution in [3.05, 3.63) is 36.4 Å². The SMILES string of the molecule is CC#N.Cn1ccnc1C=NCCN=Cc1nccn1C.[Cu+2].[O-][Cl+3]([O-])([O-])[O-].[O-][Cl+3]([O-])([O-])[O-]. The molecule has 0 saturated carbocycles. The molecule has 0 aromatic carbocycles. The number of nitrogens with zero attached hydrogens (tertiary/aromatic N) is 7. The molecule has 0 unspecified atom stereocenters. The summed E-state index contributed by atoms with van der Waals surface area (Å²) in [6, 6.07) is 1.75. The number of imidazole rings is 2. The van der Waals surface area contributed by atoms with Crippen molar-refractivity contribution in [2.24, 2.45) is 24.1 Å². The minimum Gasteiger partial charge on any atom is -0.333 e. The summed E-state index contributed by atoms with van der Waals surface area (Å²) in [5, 5.41) is 7.32. The van der Waals surface area contributed by atoms with E-state index in [9.17, 15) is 0 Å². The summed E-state index contributed by atoms with van der Waals surface area (Å²) >= 11 is 0. The Balaban J connectivity index is -0.000000499. The van der Waals surface area contributed by atoms with Gasteiger partial charge in [-0.2, -0.15) is 5.26 Å². The Morgan fingerprint density at radius 3 is 1.28 bits per heavy atom. The van der Waals surface area contributed by atoms with Crippen molar-refractivity contribution in [3.8, 4) is 6.07 Å². The first-order chi connectivity index (χ1) is 14.2. The van der Waals surface area contributed by atoms with Gasteiger partial charge in [0.2, 0.25) is 0 Å². The zero-order chi connectivity index (χ0) is 24.5. The second-order valence-electron chi connectivity index (χ2n) is 4.84. The monoisotopic (exact) mass is 546 g/mol. The molecule has 0 aliphatic heterocycles.